The predicted octanol–water partition coefficient (Wildman–Crippen LogP) is 3.69. The van der Waals surface area contributed by atoms with Crippen molar-refractivity contribution in [1.82, 2.24) is 4.90 Å². The summed E-state index contributed by atoms with van der Waals surface area (Å²) in [6, 6.07) is 0. The van der Waals surface area contributed by atoms with Crippen LogP contribution in [-0.2, 0) is 0 Å². The molecular formula is C19H33NO. The largest absolute Gasteiger partial charge is 0.391 e. The normalized spacial score (nSPS) is 43.9. The Morgan fingerprint density at radius 1 is 1.00 bits per heavy atom. The first kappa shape index (κ1) is 14.5. The summed E-state index contributed by atoms with van der Waals surface area (Å²) >= 11 is 0. The highest BCUT2D eigenvalue weighted by molar-refractivity contribution is 5.04. The summed E-state index contributed by atoms with van der Waals surface area (Å²) in [5.41, 5.74) is 0.304. The second-order valence-electron chi connectivity index (χ2n) is 9.17. The van der Waals surface area contributed by atoms with Crippen LogP contribution in [0.1, 0.15) is 64.2 Å². The van der Waals surface area contributed by atoms with E-state index in [0.717, 1.165) is 30.2 Å². The van der Waals surface area contributed by atoms with Crippen molar-refractivity contribution in [3.63, 3.8) is 0 Å². The Bertz CT molecular complexity index is 338. The van der Waals surface area contributed by atoms with E-state index >= 15 is 0 Å². The van der Waals surface area contributed by atoms with Gasteiger partial charge in [-0.1, -0.05) is 12.8 Å². The van der Waals surface area contributed by atoms with Crippen molar-refractivity contribution in [3.8, 4) is 0 Å². The third-order valence-corrected chi connectivity index (χ3v) is 7.32. The van der Waals surface area contributed by atoms with Crippen molar-refractivity contribution >= 4 is 0 Å². The van der Waals surface area contributed by atoms with E-state index < -0.39 is 0 Å². The number of likely N-dealkylation sites (N-methyl/N-ethyl adjacent to an activating group) is 1. The summed E-state index contributed by atoms with van der Waals surface area (Å²) in [5, 5.41) is 11.0. The fraction of sp³-hybridized carbons (Fsp3) is 1.00. The number of aliphatic hydroxyl groups excluding tert-OH is 1. The zero-order valence-electron chi connectivity index (χ0n) is 13.8. The molecule has 1 atom stereocenters. The molecule has 0 spiro atoms. The van der Waals surface area contributed by atoms with E-state index in [1.165, 1.54) is 70.8 Å². The van der Waals surface area contributed by atoms with Gasteiger partial charge in [-0.25, -0.2) is 0 Å². The van der Waals surface area contributed by atoms with Gasteiger partial charge in [0.2, 0.25) is 0 Å². The Balaban J connectivity index is 1.36. The molecule has 5 fully saturated rings. The van der Waals surface area contributed by atoms with E-state index in [-0.39, 0.29) is 6.10 Å². The topological polar surface area (TPSA) is 23.5 Å². The molecule has 0 amide bonds. The summed E-state index contributed by atoms with van der Waals surface area (Å²) in [4.78, 5) is 2.44. The fourth-order valence-corrected chi connectivity index (χ4v) is 6.78. The Kier molecular flexibility index (Phi) is 3.82. The highest BCUT2D eigenvalue weighted by atomic mass is 16.3. The molecule has 0 aromatic rings. The van der Waals surface area contributed by atoms with Gasteiger partial charge in [-0.05, 0) is 87.5 Å². The van der Waals surface area contributed by atoms with E-state index in [2.05, 4.69) is 11.9 Å². The van der Waals surface area contributed by atoms with E-state index in [4.69, 9.17) is 0 Å². The first-order valence-corrected chi connectivity index (χ1v) is 9.49. The minimum atomic E-state index is -0.0719. The van der Waals surface area contributed by atoms with Crippen molar-refractivity contribution in [3.05, 3.63) is 0 Å². The van der Waals surface area contributed by atoms with Crippen LogP contribution in [0.2, 0.25) is 0 Å². The quantitative estimate of drug-likeness (QED) is 0.835. The molecule has 0 aromatic heterocycles. The van der Waals surface area contributed by atoms with Gasteiger partial charge in [0.1, 0.15) is 0 Å². The Labute approximate surface area is 130 Å². The van der Waals surface area contributed by atoms with E-state index in [9.17, 15) is 5.11 Å². The van der Waals surface area contributed by atoms with Crippen molar-refractivity contribution in [2.45, 2.75) is 70.3 Å². The molecule has 0 radical (unpaired) electrons. The molecule has 4 bridgehead atoms. The van der Waals surface area contributed by atoms with Crippen molar-refractivity contribution in [2.75, 3.05) is 20.1 Å². The SMILES string of the molecule is CN(CC1CCCC1)CC(O)C12CC3CC(CC(C3)C1)C2. The van der Waals surface area contributed by atoms with Crippen molar-refractivity contribution in [2.24, 2.45) is 29.1 Å². The zero-order chi connectivity index (χ0) is 14.4. The number of nitrogens with zero attached hydrogens (tertiary/aromatic N) is 1. The molecule has 5 aliphatic rings. The first-order valence-electron chi connectivity index (χ1n) is 9.49. The third-order valence-electron chi connectivity index (χ3n) is 7.32. The molecule has 21 heavy (non-hydrogen) atoms. The van der Waals surface area contributed by atoms with Gasteiger partial charge in [-0.3, -0.25) is 0 Å². The lowest BCUT2D eigenvalue weighted by molar-refractivity contribution is -0.125. The average Bonchev–Trinajstić information content (AvgIpc) is 2.89. The summed E-state index contributed by atoms with van der Waals surface area (Å²) < 4.78 is 0. The lowest BCUT2D eigenvalue weighted by atomic mass is 9.48. The monoisotopic (exact) mass is 291 g/mol. The second-order valence-corrected chi connectivity index (χ2v) is 9.17. The molecule has 0 heterocycles. The van der Waals surface area contributed by atoms with Gasteiger partial charge < -0.3 is 10.0 Å². The standard InChI is InChI=1S/C19H33NO/c1-20(12-14-4-2-3-5-14)13-18(21)19-9-15-6-16(10-19)8-17(7-15)11-19/h14-18,21H,2-13H2,1H3. The highest BCUT2D eigenvalue weighted by Gasteiger charge is 2.53. The highest BCUT2D eigenvalue weighted by Crippen LogP contribution is 2.61. The van der Waals surface area contributed by atoms with Gasteiger partial charge in [0.05, 0.1) is 6.10 Å². The minimum absolute atomic E-state index is 0.0719. The van der Waals surface area contributed by atoms with E-state index in [0.29, 0.717) is 5.41 Å². The fourth-order valence-electron chi connectivity index (χ4n) is 6.78. The maximum absolute atomic E-state index is 11.0. The van der Waals surface area contributed by atoms with Crippen LogP contribution in [0.4, 0.5) is 0 Å². The van der Waals surface area contributed by atoms with Crippen LogP contribution in [0.25, 0.3) is 0 Å². The molecule has 0 saturated heterocycles. The molecule has 0 aromatic carbocycles. The van der Waals surface area contributed by atoms with Crippen molar-refractivity contribution in [1.29, 1.82) is 0 Å². The molecule has 0 aliphatic heterocycles. The first-order chi connectivity index (χ1) is 10.1. The zero-order valence-corrected chi connectivity index (χ0v) is 13.8. The van der Waals surface area contributed by atoms with Gasteiger partial charge >= 0.3 is 0 Å². The third kappa shape index (κ3) is 2.79. The molecule has 5 rings (SSSR count). The van der Waals surface area contributed by atoms with E-state index in [1.54, 1.807) is 0 Å². The lowest BCUT2D eigenvalue weighted by Crippen LogP contribution is -2.54. The van der Waals surface area contributed by atoms with Crippen LogP contribution < -0.4 is 0 Å². The smallest absolute Gasteiger partial charge is 0.0723 e. The number of aliphatic hydroxyl groups is 1. The lowest BCUT2D eigenvalue weighted by Gasteiger charge is -2.58. The van der Waals surface area contributed by atoms with Crippen LogP contribution in [-0.4, -0.2) is 36.2 Å². The number of hydrogen-bond acceptors (Lipinski definition) is 2. The summed E-state index contributed by atoms with van der Waals surface area (Å²) in [6.45, 7) is 2.13. The molecular weight excluding hydrogens is 258 g/mol. The summed E-state index contributed by atoms with van der Waals surface area (Å²) in [7, 11) is 2.24. The molecule has 120 valence electrons. The molecule has 1 N–H and O–H groups in total. The van der Waals surface area contributed by atoms with Crippen molar-refractivity contribution < 1.29 is 5.11 Å². The van der Waals surface area contributed by atoms with Gasteiger partial charge in [-0.15, -0.1) is 0 Å². The maximum Gasteiger partial charge on any atom is 0.0723 e. The minimum Gasteiger partial charge on any atom is -0.391 e. The van der Waals surface area contributed by atoms with Gasteiger partial charge in [0, 0.05) is 13.1 Å². The van der Waals surface area contributed by atoms with Gasteiger partial charge in [0.15, 0.2) is 0 Å². The summed E-state index contributed by atoms with van der Waals surface area (Å²) in [5.74, 6) is 3.75. The number of rotatable bonds is 5. The Hall–Kier alpha value is -0.0800. The Morgan fingerprint density at radius 3 is 2.05 bits per heavy atom. The molecule has 5 saturated carbocycles. The predicted molar refractivity (Wildman–Crippen MR) is 86.1 cm³/mol. The molecule has 2 nitrogen and oxygen atoms in total. The van der Waals surface area contributed by atoms with Crippen LogP contribution in [0, 0.1) is 29.1 Å². The van der Waals surface area contributed by atoms with Crippen LogP contribution in [0.3, 0.4) is 0 Å². The number of hydrogen-bond donors (Lipinski definition) is 1. The van der Waals surface area contributed by atoms with E-state index in [1.807, 2.05) is 0 Å². The van der Waals surface area contributed by atoms with Gasteiger partial charge in [-0.2, -0.15) is 0 Å². The maximum atomic E-state index is 11.0. The van der Waals surface area contributed by atoms with Gasteiger partial charge in [0.25, 0.3) is 0 Å². The molecule has 1 unspecified atom stereocenters. The second kappa shape index (κ2) is 5.53. The Morgan fingerprint density at radius 2 is 1.52 bits per heavy atom. The van der Waals surface area contributed by atoms with Crippen LogP contribution in [0.15, 0.2) is 0 Å². The molecule has 5 aliphatic carbocycles. The van der Waals surface area contributed by atoms with Crippen LogP contribution >= 0.6 is 0 Å². The molecule has 2 heteroatoms. The summed E-state index contributed by atoms with van der Waals surface area (Å²) in [6.07, 6.45) is 14.0. The van der Waals surface area contributed by atoms with Crippen LogP contribution in [0.5, 0.6) is 0 Å². The average molecular weight is 291 g/mol.